The number of hydrogen-bond acceptors (Lipinski definition) is 4. The lowest BCUT2D eigenvalue weighted by Crippen LogP contribution is -2.39. The predicted octanol–water partition coefficient (Wildman–Crippen LogP) is 1.95. The lowest BCUT2D eigenvalue weighted by Gasteiger charge is -2.22. The van der Waals surface area contributed by atoms with Crippen molar-refractivity contribution in [1.29, 1.82) is 0 Å². The number of thiophene rings is 1. The molecule has 1 fully saturated rings. The van der Waals surface area contributed by atoms with Crippen molar-refractivity contribution in [2.45, 2.75) is 18.9 Å². The molecule has 1 aliphatic heterocycles. The molecule has 82 valence electrons. The SMILES string of the molecule is O=C(Cc1ccsc1)CC1CSCCN1. The highest BCUT2D eigenvalue weighted by Crippen LogP contribution is 2.13. The molecule has 1 aromatic heterocycles. The number of carbonyl (C=O) groups excluding carboxylic acids is 1. The first-order valence-corrected chi connectivity index (χ1v) is 7.28. The summed E-state index contributed by atoms with van der Waals surface area (Å²) in [7, 11) is 0. The summed E-state index contributed by atoms with van der Waals surface area (Å²) in [5.41, 5.74) is 1.16. The van der Waals surface area contributed by atoms with Crippen molar-refractivity contribution >= 4 is 28.9 Å². The van der Waals surface area contributed by atoms with E-state index in [1.165, 1.54) is 5.75 Å². The molecule has 0 bridgehead atoms. The van der Waals surface area contributed by atoms with Crippen LogP contribution in [0.15, 0.2) is 16.8 Å². The van der Waals surface area contributed by atoms with E-state index in [2.05, 4.69) is 10.7 Å². The minimum atomic E-state index is 0.355. The Morgan fingerprint density at radius 2 is 2.53 bits per heavy atom. The van der Waals surface area contributed by atoms with Gasteiger partial charge in [-0.2, -0.15) is 23.1 Å². The van der Waals surface area contributed by atoms with Crippen molar-refractivity contribution in [2.24, 2.45) is 0 Å². The normalized spacial score (nSPS) is 21.5. The van der Waals surface area contributed by atoms with Gasteiger partial charge in [-0.05, 0) is 22.4 Å². The van der Waals surface area contributed by atoms with Crippen molar-refractivity contribution in [3.63, 3.8) is 0 Å². The van der Waals surface area contributed by atoms with Gasteiger partial charge in [-0.3, -0.25) is 4.79 Å². The van der Waals surface area contributed by atoms with E-state index >= 15 is 0 Å². The number of Topliss-reactive ketones (excluding diaryl/α,β-unsaturated/α-hetero) is 1. The Kier molecular flexibility index (Phi) is 4.23. The number of nitrogens with one attached hydrogen (secondary N) is 1. The van der Waals surface area contributed by atoms with Crippen LogP contribution >= 0.6 is 23.1 Å². The van der Waals surface area contributed by atoms with Crippen LogP contribution < -0.4 is 5.32 Å². The van der Waals surface area contributed by atoms with E-state index in [0.29, 0.717) is 24.7 Å². The molecule has 0 spiro atoms. The Balaban J connectivity index is 1.76. The van der Waals surface area contributed by atoms with E-state index in [1.54, 1.807) is 11.3 Å². The molecule has 0 aliphatic carbocycles. The van der Waals surface area contributed by atoms with Gasteiger partial charge in [-0.25, -0.2) is 0 Å². The molecule has 1 N–H and O–H groups in total. The van der Waals surface area contributed by atoms with Crippen LogP contribution in [0.4, 0.5) is 0 Å². The highest BCUT2D eigenvalue weighted by Gasteiger charge is 2.16. The molecule has 0 saturated carbocycles. The lowest BCUT2D eigenvalue weighted by molar-refractivity contribution is -0.118. The largest absolute Gasteiger partial charge is 0.312 e. The molecule has 0 radical (unpaired) electrons. The average Bonchev–Trinajstić information content (AvgIpc) is 2.71. The molecule has 1 atom stereocenters. The van der Waals surface area contributed by atoms with Gasteiger partial charge in [0.1, 0.15) is 5.78 Å². The summed E-state index contributed by atoms with van der Waals surface area (Å²) < 4.78 is 0. The molecule has 1 unspecified atom stereocenters. The van der Waals surface area contributed by atoms with Gasteiger partial charge in [0.2, 0.25) is 0 Å². The van der Waals surface area contributed by atoms with E-state index in [1.807, 2.05) is 23.2 Å². The molecule has 15 heavy (non-hydrogen) atoms. The second-order valence-corrected chi connectivity index (χ2v) is 5.71. The zero-order valence-electron chi connectivity index (χ0n) is 8.57. The lowest BCUT2D eigenvalue weighted by atomic mass is 10.1. The van der Waals surface area contributed by atoms with Crippen molar-refractivity contribution in [3.05, 3.63) is 22.4 Å². The fourth-order valence-corrected chi connectivity index (χ4v) is 3.34. The van der Waals surface area contributed by atoms with Gasteiger partial charge in [0.15, 0.2) is 0 Å². The third kappa shape index (κ3) is 3.63. The molecular formula is C11H15NOS2. The fourth-order valence-electron chi connectivity index (χ4n) is 1.72. The van der Waals surface area contributed by atoms with Crippen molar-refractivity contribution in [3.8, 4) is 0 Å². The molecule has 4 heteroatoms. The van der Waals surface area contributed by atoms with Crippen molar-refractivity contribution in [2.75, 3.05) is 18.1 Å². The van der Waals surface area contributed by atoms with Crippen molar-refractivity contribution in [1.82, 2.24) is 5.32 Å². The molecule has 2 nitrogen and oxygen atoms in total. The second kappa shape index (κ2) is 5.68. The van der Waals surface area contributed by atoms with Crippen LogP contribution in [-0.4, -0.2) is 29.9 Å². The van der Waals surface area contributed by atoms with Crippen LogP contribution in [0, 0.1) is 0 Å². The zero-order valence-corrected chi connectivity index (χ0v) is 10.2. The Morgan fingerprint density at radius 3 is 3.20 bits per heavy atom. The van der Waals surface area contributed by atoms with Gasteiger partial charge in [-0.1, -0.05) is 0 Å². The molecule has 0 amide bonds. The Labute approximate surface area is 98.5 Å². The Morgan fingerprint density at radius 1 is 1.60 bits per heavy atom. The molecule has 1 aromatic rings. The minimum Gasteiger partial charge on any atom is -0.312 e. The third-order valence-electron chi connectivity index (χ3n) is 2.45. The second-order valence-electron chi connectivity index (χ2n) is 3.78. The predicted molar refractivity (Wildman–Crippen MR) is 66.8 cm³/mol. The van der Waals surface area contributed by atoms with Gasteiger partial charge < -0.3 is 5.32 Å². The maximum atomic E-state index is 11.7. The molecule has 2 heterocycles. The first kappa shape index (κ1) is 11.2. The van der Waals surface area contributed by atoms with E-state index in [0.717, 1.165) is 17.9 Å². The summed E-state index contributed by atoms with van der Waals surface area (Å²) in [6.07, 6.45) is 1.29. The number of ketones is 1. The van der Waals surface area contributed by atoms with E-state index < -0.39 is 0 Å². The fraction of sp³-hybridized carbons (Fsp3) is 0.545. The maximum absolute atomic E-state index is 11.7. The number of thioether (sulfide) groups is 1. The monoisotopic (exact) mass is 241 g/mol. The summed E-state index contributed by atoms with van der Waals surface area (Å²) in [5.74, 6) is 2.61. The third-order valence-corrected chi connectivity index (χ3v) is 4.32. The zero-order chi connectivity index (χ0) is 10.5. The summed E-state index contributed by atoms with van der Waals surface area (Å²) in [4.78, 5) is 11.7. The molecule has 1 saturated heterocycles. The number of carbonyl (C=O) groups is 1. The van der Waals surface area contributed by atoms with Crippen molar-refractivity contribution < 1.29 is 4.79 Å². The van der Waals surface area contributed by atoms with E-state index in [4.69, 9.17) is 0 Å². The Bertz CT molecular complexity index is 304. The summed E-state index contributed by atoms with van der Waals surface area (Å²) in [6.45, 7) is 1.04. The molecular weight excluding hydrogens is 226 g/mol. The minimum absolute atomic E-state index is 0.355. The highest BCUT2D eigenvalue weighted by atomic mass is 32.2. The topological polar surface area (TPSA) is 29.1 Å². The highest BCUT2D eigenvalue weighted by molar-refractivity contribution is 7.99. The number of rotatable bonds is 4. The van der Waals surface area contributed by atoms with Gasteiger partial charge in [-0.15, -0.1) is 0 Å². The summed E-state index contributed by atoms with van der Waals surface area (Å²) >= 11 is 3.60. The van der Waals surface area contributed by atoms with Crippen LogP contribution in [0.3, 0.4) is 0 Å². The maximum Gasteiger partial charge on any atom is 0.138 e. The van der Waals surface area contributed by atoms with E-state index in [-0.39, 0.29) is 0 Å². The van der Waals surface area contributed by atoms with Gasteiger partial charge in [0.25, 0.3) is 0 Å². The quantitative estimate of drug-likeness (QED) is 0.873. The van der Waals surface area contributed by atoms with Crippen LogP contribution in [0.5, 0.6) is 0 Å². The van der Waals surface area contributed by atoms with E-state index in [9.17, 15) is 4.79 Å². The average molecular weight is 241 g/mol. The van der Waals surface area contributed by atoms with Crippen LogP contribution in [0.25, 0.3) is 0 Å². The first-order chi connectivity index (χ1) is 7.34. The smallest absolute Gasteiger partial charge is 0.138 e. The van der Waals surface area contributed by atoms with Crippen LogP contribution in [0.2, 0.25) is 0 Å². The molecule has 1 aliphatic rings. The van der Waals surface area contributed by atoms with Crippen LogP contribution in [0.1, 0.15) is 12.0 Å². The summed E-state index contributed by atoms with van der Waals surface area (Å²) in [6, 6.07) is 2.43. The number of hydrogen-bond donors (Lipinski definition) is 1. The van der Waals surface area contributed by atoms with Crippen LogP contribution in [-0.2, 0) is 11.2 Å². The Hall–Kier alpha value is -0.320. The van der Waals surface area contributed by atoms with Gasteiger partial charge in [0.05, 0.1) is 0 Å². The molecule has 0 aromatic carbocycles. The molecule has 2 rings (SSSR count). The van der Waals surface area contributed by atoms with Gasteiger partial charge >= 0.3 is 0 Å². The summed E-state index contributed by atoms with van der Waals surface area (Å²) in [5, 5.41) is 7.47. The first-order valence-electron chi connectivity index (χ1n) is 5.18. The standard InChI is InChI=1S/C11H15NOS2/c13-11(5-9-1-3-14-7-9)6-10-8-15-4-2-12-10/h1,3,7,10,12H,2,4-6,8H2. The van der Waals surface area contributed by atoms with Gasteiger partial charge in [0, 0.05) is 36.9 Å².